The standard InChI is InChI=1S/C20H29FN4O4/c1-24(10-16(26)12-28-3)18-9-19(25(2)11-17(27)13-29-4)23-20(22-18)14-5-7-15(21)8-6-14/h5-9,16-17,26-27H,10-13H2,1-4H3/t16-,17-/m0/s1. The summed E-state index contributed by atoms with van der Waals surface area (Å²) in [6.45, 7) is 1.03. The lowest BCUT2D eigenvalue weighted by molar-refractivity contribution is 0.0693. The zero-order valence-electron chi connectivity index (χ0n) is 17.2. The van der Waals surface area contributed by atoms with Gasteiger partial charge >= 0.3 is 0 Å². The summed E-state index contributed by atoms with van der Waals surface area (Å²) in [5, 5.41) is 20.1. The van der Waals surface area contributed by atoms with E-state index >= 15 is 0 Å². The fraction of sp³-hybridized carbons (Fsp3) is 0.500. The smallest absolute Gasteiger partial charge is 0.163 e. The molecule has 1 aromatic heterocycles. The second-order valence-corrected chi connectivity index (χ2v) is 6.89. The van der Waals surface area contributed by atoms with Gasteiger partial charge in [0.25, 0.3) is 0 Å². The zero-order valence-corrected chi connectivity index (χ0v) is 17.2. The molecule has 0 radical (unpaired) electrons. The summed E-state index contributed by atoms with van der Waals surface area (Å²) in [5.74, 6) is 1.23. The topological polar surface area (TPSA) is 91.2 Å². The molecule has 0 aliphatic rings. The molecule has 160 valence electrons. The summed E-state index contributed by atoms with van der Waals surface area (Å²) in [6.07, 6.45) is -1.36. The molecular weight excluding hydrogens is 379 g/mol. The number of likely N-dealkylation sites (N-methyl/N-ethyl adjacent to an activating group) is 2. The van der Waals surface area contributed by atoms with Gasteiger partial charge in [-0.1, -0.05) is 0 Å². The summed E-state index contributed by atoms with van der Waals surface area (Å²) in [7, 11) is 6.66. The molecule has 0 unspecified atom stereocenters. The number of ether oxygens (including phenoxy) is 2. The number of nitrogens with zero attached hydrogens (tertiary/aromatic N) is 4. The fourth-order valence-electron chi connectivity index (χ4n) is 2.85. The predicted molar refractivity (Wildman–Crippen MR) is 110 cm³/mol. The molecule has 1 heterocycles. The van der Waals surface area contributed by atoms with Crippen LogP contribution in [0.4, 0.5) is 16.0 Å². The average molecular weight is 408 g/mol. The fourth-order valence-corrected chi connectivity index (χ4v) is 2.85. The van der Waals surface area contributed by atoms with Gasteiger partial charge < -0.3 is 29.5 Å². The first kappa shape index (κ1) is 23.0. The van der Waals surface area contributed by atoms with Gasteiger partial charge in [0.2, 0.25) is 0 Å². The molecule has 2 aromatic rings. The number of aromatic nitrogens is 2. The van der Waals surface area contributed by atoms with E-state index in [1.807, 2.05) is 0 Å². The minimum Gasteiger partial charge on any atom is -0.389 e. The van der Waals surface area contributed by atoms with Gasteiger partial charge in [0.05, 0.1) is 25.4 Å². The Morgan fingerprint density at radius 1 is 0.897 bits per heavy atom. The van der Waals surface area contributed by atoms with E-state index in [0.717, 1.165) is 0 Å². The second kappa shape index (κ2) is 11.0. The van der Waals surface area contributed by atoms with Crippen molar-refractivity contribution in [1.29, 1.82) is 0 Å². The maximum Gasteiger partial charge on any atom is 0.163 e. The van der Waals surface area contributed by atoms with Gasteiger partial charge in [0, 0.05) is 53.0 Å². The summed E-state index contributed by atoms with van der Waals surface area (Å²) in [4.78, 5) is 12.7. The number of rotatable bonds is 11. The Kier molecular flexibility index (Phi) is 8.71. The van der Waals surface area contributed by atoms with Gasteiger partial charge in [0.1, 0.15) is 17.5 Å². The Morgan fingerprint density at radius 3 is 1.76 bits per heavy atom. The largest absolute Gasteiger partial charge is 0.389 e. The van der Waals surface area contributed by atoms with Crippen molar-refractivity contribution in [3.05, 3.63) is 36.1 Å². The third-order valence-corrected chi connectivity index (χ3v) is 4.27. The Morgan fingerprint density at radius 2 is 1.34 bits per heavy atom. The number of hydrogen-bond donors (Lipinski definition) is 2. The van der Waals surface area contributed by atoms with E-state index in [2.05, 4.69) is 9.97 Å². The molecule has 2 N–H and O–H groups in total. The third-order valence-electron chi connectivity index (χ3n) is 4.27. The van der Waals surface area contributed by atoms with Crippen LogP contribution in [-0.4, -0.2) is 87.0 Å². The lowest BCUT2D eigenvalue weighted by atomic mass is 10.2. The summed E-state index contributed by atoms with van der Waals surface area (Å²) in [5.41, 5.74) is 0.658. The number of aliphatic hydroxyl groups excluding tert-OH is 2. The third kappa shape index (κ3) is 6.90. The first-order chi connectivity index (χ1) is 13.8. The minimum atomic E-state index is -0.682. The average Bonchev–Trinajstić information content (AvgIpc) is 2.68. The van der Waals surface area contributed by atoms with Crippen molar-refractivity contribution in [2.24, 2.45) is 0 Å². The van der Waals surface area contributed by atoms with Crippen LogP contribution in [0.15, 0.2) is 30.3 Å². The highest BCUT2D eigenvalue weighted by Gasteiger charge is 2.17. The van der Waals surface area contributed by atoms with Crippen molar-refractivity contribution in [3.63, 3.8) is 0 Å². The minimum absolute atomic E-state index is 0.205. The molecule has 0 saturated carbocycles. The van der Waals surface area contributed by atoms with Crippen molar-refractivity contribution in [2.45, 2.75) is 12.2 Å². The van der Waals surface area contributed by atoms with Crippen LogP contribution in [0.5, 0.6) is 0 Å². The number of anilines is 2. The molecule has 0 saturated heterocycles. The van der Waals surface area contributed by atoms with Crippen LogP contribution < -0.4 is 9.80 Å². The molecule has 0 aliphatic carbocycles. The van der Waals surface area contributed by atoms with Crippen LogP contribution in [0.3, 0.4) is 0 Å². The highest BCUT2D eigenvalue weighted by molar-refractivity contribution is 5.62. The van der Waals surface area contributed by atoms with Crippen LogP contribution in [0.25, 0.3) is 11.4 Å². The predicted octanol–water partition coefficient (Wildman–Crippen LogP) is 1.17. The molecule has 0 spiro atoms. The Bertz CT molecular complexity index is 724. The van der Waals surface area contributed by atoms with Crippen molar-refractivity contribution in [3.8, 4) is 11.4 Å². The van der Waals surface area contributed by atoms with E-state index in [1.54, 1.807) is 42.1 Å². The van der Waals surface area contributed by atoms with Crippen LogP contribution in [-0.2, 0) is 9.47 Å². The quantitative estimate of drug-likeness (QED) is 0.573. The van der Waals surface area contributed by atoms with Crippen LogP contribution in [0, 0.1) is 5.82 Å². The molecule has 0 aliphatic heterocycles. The van der Waals surface area contributed by atoms with Crippen molar-refractivity contribution >= 4 is 11.6 Å². The van der Waals surface area contributed by atoms with Crippen LogP contribution >= 0.6 is 0 Å². The Labute approximate surface area is 170 Å². The molecule has 8 nitrogen and oxygen atoms in total. The molecule has 9 heteroatoms. The summed E-state index contributed by atoms with van der Waals surface area (Å²) in [6, 6.07) is 7.69. The zero-order chi connectivity index (χ0) is 21.4. The van der Waals surface area contributed by atoms with Gasteiger partial charge in [-0.25, -0.2) is 14.4 Å². The van der Waals surface area contributed by atoms with Gasteiger partial charge in [-0.3, -0.25) is 0 Å². The number of benzene rings is 1. The van der Waals surface area contributed by atoms with Crippen molar-refractivity contribution in [1.82, 2.24) is 9.97 Å². The highest BCUT2D eigenvalue weighted by Crippen LogP contribution is 2.24. The van der Waals surface area contributed by atoms with Crippen LogP contribution in [0.2, 0.25) is 0 Å². The first-order valence-corrected chi connectivity index (χ1v) is 9.25. The first-order valence-electron chi connectivity index (χ1n) is 9.25. The van der Waals surface area contributed by atoms with E-state index in [1.165, 1.54) is 26.4 Å². The lowest BCUT2D eigenvalue weighted by Gasteiger charge is -2.25. The Balaban J connectivity index is 2.36. The monoisotopic (exact) mass is 408 g/mol. The maximum atomic E-state index is 13.3. The van der Waals surface area contributed by atoms with Crippen molar-refractivity contribution in [2.75, 3.05) is 64.4 Å². The van der Waals surface area contributed by atoms with E-state index in [9.17, 15) is 14.6 Å². The van der Waals surface area contributed by atoms with Gasteiger partial charge in [-0.15, -0.1) is 0 Å². The molecule has 1 aromatic carbocycles. The number of hydrogen-bond acceptors (Lipinski definition) is 8. The number of halogens is 1. The molecule has 0 amide bonds. The molecule has 2 rings (SSSR count). The molecule has 0 fully saturated rings. The van der Waals surface area contributed by atoms with Crippen molar-refractivity contribution < 1.29 is 24.1 Å². The second-order valence-electron chi connectivity index (χ2n) is 6.89. The van der Waals surface area contributed by atoms with Gasteiger partial charge in [-0.05, 0) is 24.3 Å². The highest BCUT2D eigenvalue weighted by atomic mass is 19.1. The van der Waals surface area contributed by atoms with E-state index in [-0.39, 0.29) is 19.0 Å². The maximum absolute atomic E-state index is 13.3. The van der Waals surface area contributed by atoms with E-state index in [4.69, 9.17) is 9.47 Å². The summed E-state index contributed by atoms with van der Waals surface area (Å²) >= 11 is 0. The van der Waals surface area contributed by atoms with Gasteiger partial charge in [-0.2, -0.15) is 0 Å². The van der Waals surface area contributed by atoms with E-state index in [0.29, 0.717) is 36.1 Å². The molecule has 0 bridgehead atoms. The number of aliphatic hydroxyl groups is 2. The lowest BCUT2D eigenvalue weighted by Crippen LogP contribution is -2.34. The molecule has 2 atom stereocenters. The SMILES string of the molecule is COC[C@@H](O)CN(C)c1cc(N(C)C[C@H](O)COC)nc(-c2ccc(F)cc2)n1. The normalized spacial score (nSPS) is 13.2. The molecular formula is C20H29FN4O4. The summed E-state index contributed by atoms with van der Waals surface area (Å²) < 4.78 is 23.3. The molecule has 29 heavy (non-hydrogen) atoms. The van der Waals surface area contributed by atoms with Crippen LogP contribution in [0.1, 0.15) is 0 Å². The van der Waals surface area contributed by atoms with E-state index < -0.39 is 12.2 Å². The Hall–Kier alpha value is -2.33. The van der Waals surface area contributed by atoms with Gasteiger partial charge in [0.15, 0.2) is 5.82 Å². The number of methoxy groups -OCH3 is 2.